The molecule has 94 valence electrons. The number of ether oxygens (including phenoxy) is 1. The van der Waals surface area contributed by atoms with Gasteiger partial charge in [0.25, 0.3) is 0 Å². The van der Waals surface area contributed by atoms with Gasteiger partial charge in [0.2, 0.25) is 0 Å². The molecule has 1 rings (SSSR count). The zero-order chi connectivity index (χ0) is 12.0. The lowest BCUT2D eigenvalue weighted by Crippen LogP contribution is -2.44. The predicted molar refractivity (Wildman–Crippen MR) is 64.1 cm³/mol. The van der Waals surface area contributed by atoms with Crippen LogP contribution in [0, 0.1) is 5.92 Å². The van der Waals surface area contributed by atoms with Crippen molar-refractivity contribution >= 4 is 5.97 Å². The number of hydrogen-bond donors (Lipinski definition) is 1. The lowest BCUT2D eigenvalue weighted by atomic mass is 9.96. The van der Waals surface area contributed by atoms with E-state index in [0.717, 1.165) is 19.6 Å². The van der Waals surface area contributed by atoms with E-state index in [0.29, 0.717) is 18.9 Å². The number of hydrogen-bond acceptors (Lipinski definition) is 4. The van der Waals surface area contributed by atoms with Crippen molar-refractivity contribution in [3.63, 3.8) is 0 Å². The Bertz CT molecular complexity index is 221. The van der Waals surface area contributed by atoms with Gasteiger partial charge >= 0.3 is 5.97 Å². The fraction of sp³-hybridized carbons (Fsp3) is 0.917. The Morgan fingerprint density at radius 3 is 3.00 bits per heavy atom. The highest BCUT2D eigenvalue weighted by molar-refractivity contribution is 5.70. The summed E-state index contributed by atoms with van der Waals surface area (Å²) in [5, 5.41) is 0. The number of likely N-dealkylation sites (tertiary alicyclic amines) is 1. The minimum Gasteiger partial charge on any atom is -0.466 e. The van der Waals surface area contributed by atoms with Crippen LogP contribution in [0.4, 0.5) is 0 Å². The summed E-state index contributed by atoms with van der Waals surface area (Å²) in [5.41, 5.74) is 5.70. The zero-order valence-electron chi connectivity index (χ0n) is 10.4. The Hall–Kier alpha value is -0.610. The van der Waals surface area contributed by atoms with Crippen molar-refractivity contribution < 1.29 is 9.53 Å². The van der Waals surface area contributed by atoms with Crippen LogP contribution in [0.3, 0.4) is 0 Å². The highest BCUT2D eigenvalue weighted by Crippen LogP contribution is 2.18. The van der Waals surface area contributed by atoms with Crippen molar-refractivity contribution in [2.24, 2.45) is 11.7 Å². The van der Waals surface area contributed by atoms with Gasteiger partial charge in [0.1, 0.15) is 0 Å². The molecule has 1 saturated heterocycles. The Labute approximate surface area is 98.1 Å². The van der Waals surface area contributed by atoms with Gasteiger partial charge in [0.15, 0.2) is 0 Å². The number of nitrogens with zero attached hydrogens (tertiary/aromatic N) is 1. The summed E-state index contributed by atoms with van der Waals surface area (Å²) in [7, 11) is 0. The highest BCUT2D eigenvalue weighted by Gasteiger charge is 2.24. The topological polar surface area (TPSA) is 55.6 Å². The molecule has 2 N–H and O–H groups in total. The van der Waals surface area contributed by atoms with Gasteiger partial charge in [-0.3, -0.25) is 9.69 Å². The van der Waals surface area contributed by atoms with Gasteiger partial charge in [0.05, 0.1) is 13.0 Å². The molecule has 0 aliphatic carbocycles. The maximum absolute atomic E-state index is 11.4. The van der Waals surface area contributed by atoms with Crippen LogP contribution in [0.5, 0.6) is 0 Å². The van der Waals surface area contributed by atoms with E-state index in [9.17, 15) is 4.79 Å². The van der Waals surface area contributed by atoms with Crippen molar-refractivity contribution in [3.8, 4) is 0 Å². The second-order valence-electron chi connectivity index (χ2n) is 4.60. The van der Waals surface area contributed by atoms with Crippen LogP contribution in [0.2, 0.25) is 0 Å². The minimum atomic E-state index is -0.0927. The van der Waals surface area contributed by atoms with Crippen molar-refractivity contribution in [3.05, 3.63) is 0 Å². The van der Waals surface area contributed by atoms with Crippen LogP contribution >= 0.6 is 0 Å². The van der Waals surface area contributed by atoms with Crippen LogP contribution in [0.15, 0.2) is 0 Å². The van der Waals surface area contributed by atoms with Crippen LogP contribution < -0.4 is 5.73 Å². The fourth-order valence-electron chi connectivity index (χ4n) is 2.28. The van der Waals surface area contributed by atoms with Crippen molar-refractivity contribution in [2.75, 3.05) is 26.2 Å². The molecule has 1 aliphatic rings. The number of carbonyl (C=O) groups is 1. The van der Waals surface area contributed by atoms with Gasteiger partial charge in [-0.2, -0.15) is 0 Å². The molecule has 0 amide bonds. The second kappa shape index (κ2) is 6.86. The van der Waals surface area contributed by atoms with Gasteiger partial charge in [-0.25, -0.2) is 0 Å². The summed E-state index contributed by atoms with van der Waals surface area (Å²) in [6, 6.07) is 0.272. The van der Waals surface area contributed by atoms with Crippen molar-refractivity contribution in [1.29, 1.82) is 0 Å². The van der Waals surface area contributed by atoms with E-state index >= 15 is 0 Å². The first-order valence-electron chi connectivity index (χ1n) is 6.27. The van der Waals surface area contributed by atoms with E-state index in [2.05, 4.69) is 11.8 Å². The molecule has 1 heterocycles. The molecule has 2 unspecified atom stereocenters. The standard InChI is InChI=1S/C12H24N2O2/c1-3-16-12(15)7-10(2)14-6-4-5-11(8-13)9-14/h10-11H,3-9,13H2,1-2H3. The molecular weight excluding hydrogens is 204 g/mol. The molecule has 16 heavy (non-hydrogen) atoms. The summed E-state index contributed by atoms with van der Waals surface area (Å²) in [6.07, 6.45) is 2.90. The summed E-state index contributed by atoms with van der Waals surface area (Å²) in [6.45, 7) is 7.26. The minimum absolute atomic E-state index is 0.0927. The maximum Gasteiger partial charge on any atom is 0.307 e. The van der Waals surface area contributed by atoms with E-state index in [1.807, 2.05) is 6.92 Å². The third kappa shape index (κ3) is 4.10. The van der Waals surface area contributed by atoms with Crippen molar-refractivity contribution in [2.45, 2.75) is 39.2 Å². The van der Waals surface area contributed by atoms with Gasteiger partial charge in [-0.1, -0.05) is 0 Å². The molecule has 0 aromatic rings. The molecule has 4 heteroatoms. The lowest BCUT2D eigenvalue weighted by molar-refractivity contribution is -0.144. The molecular formula is C12H24N2O2. The molecule has 2 atom stereocenters. The van der Waals surface area contributed by atoms with E-state index in [1.54, 1.807) is 0 Å². The number of nitrogens with two attached hydrogens (primary N) is 1. The summed E-state index contributed by atoms with van der Waals surface area (Å²) >= 11 is 0. The highest BCUT2D eigenvalue weighted by atomic mass is 16.5. The predicted octanol–water partition coefficient (Wildman–Crippen LogP) is 0.999. The summed E-state index contributed by atoms with van der Waals surface area (Å²) in [4.78, 5) is 13.7. The van der Waals surface area contributed by atoms with Crippen LogP contribution in [0.25, 0.3) is 0 Å². The first-order valence-corrected chi connectivity index (χ1v) is 6.27. The van der Waals surface area contributed by atoms with Gasteiger partial charge in [0, 0.05) is 12.6 Å². The van der Waals surface area contributed by atoms with Crippen LogP contribution in [0.1, 0.15) is 33.1 Å². The molecule has 0 bridgehead atoms. The SMILES string of the molecule is CCOC(=O)CC(C)N1CCCC(CN)C1. The largest absolute Gasteiger partial charge is 0.466 e. The van der Waals surface area contributed by atoms with E-state index < -0.39 is 0 Å². The van der Waals surface area contributed by atoms with Crippen LogP contribution in [-0.4, -0.2) is 43.2 Å². The molecule has 0 saturated carbocycles. The number of esters is 1. The Morgan fingerprint density at radius 2 is 2.38 bits per heavy atom. The molecule has 0 aromatic carbocycles. The third-order valence-corrected chi connectivity index (χ3v) is 3.27. The third-order valence-electron chi connectivity index (χ3n) is 3.27. The van der Waals surface area contributed by atoms with Gasteiger partial charge < -0.3 is 10.5 Å². The smallest absolute Gasteiger partial charge is 0.307 e. The fourth-order valence-corrected chi connectivity index (χ4v) is 2.28. The Morgan fingerprint density at radius 1 is 1.62 bits per heavy atom. The van der Waals surface area contributed by atoms with Gasteiger partial charge in [-0.05, 0) is 45.7 Å². The summed E-state index contributed by atoms with van der Waals surface area (Å²) < 4.78 is 4.97. The Kier molecular flexibility index (Phi) is 5.77. The maximum atomic E-state index is 11.4. The van der Waals surface area contributed by atoms with Crippen molar-refractivity contribution in [1.82, 2.24) is 4.90 Å². The zero-order valence-corrected chi connectivity index (χ0v) is 10.4. The summed E-state index contributed by atoms with van der Waals surface area (Å²) in [5.74, 6) is 0.503. The Balaban J connectivity index is 2.34. The molecule has 0 aromatic heterocycles. The molecule has 1 aliphatic heterocycles. The van der Waals surface area contributed by atoms with E-state index in [-0.39, 0.29) is 12.0 Å². The average Bonchev–Trinajstić information content (AvgIpc) is 2.29. The van der Waals surface area contributed by atoms with E-state index in [1.165, 1.54) is 12.8 Å². The second-order valence-corrected chi connectivity index (χ2v) is 4.60. The number of piperidine rings is 1. The normalized spacial score (nSPS) is 24.1. The quantitative estimate of drug-likeness (QED) is 0.713. The molecule has 0 radical (unpaired) electrons. The first kappa shape index (κ1) is 13.5. The molecule has 0 spiro atoms. The average molecular weight is 228 g/mol. The van der Waals surface area contributed by atoms with Gasteiger partial charge in [-0.15, -0.1) is 0 Å². The molecule has 1 fully saturated rings. The lowest BCUT2D eigenvalue weighted by Gasteiger charge is -2.36. The van der Waals surface area contributed by atoms with Crippen LogP contribution in [-0.2, 0) is 9.53 Å². The monoisotopic (exact) mass is 228 g/mol. The number of carbonyl (C=O) groups excluding carboxylic acids is 1. The van der Waals surface area contributed by atoms with E-state index in [4.69, 9.17) is 10.5 Å². The molecule has 4 nitrogen and oxygen atoms in total. The first-order chi connectivity index (χ1) is 7.67. The number of rotatable bonds is 5.